The van der Waals surface area contributed by atoms with Gasteiger partial charge in [0.25, 0.3) is 5.22 Å². The molecule has 0 spiro atoms. The van der Waals surface area contributed by atoms with E-state index >= 15 is 0 Å². The minimum Gasteiger partial charge on any atom is -0.411 e. The van der Waals surface area contributed by atoms with Crippen LogP contribution in [0.4, 0.5) is 0 Å². The fourth-order valence-corrected chi connectivity index (χ4v) is 5.73. The largest absolute Gasteiger partial charge is 0.411 e. The zero-order valence-electron chi connectivity index (χ0n) is 16.3. The lowest BCUT2D eigenvalue weighted by molar-refractivity contribution is -0.132. The van der Waals surface area contributed by atoms with Crippen molar-refractivity contribution in [3.05, 3.63) is 29.8 Å². The first-order chi connectivity index (χ1) is 13.3. The van der Waals surface area contributed by atoms with Crippen LogP contribution in [0.5, 0.6) is 0 Å². The monoisotopic (exact) mass is 423 g/mol. The number of hydrogen-bond acceptors (Lipinski definition) is 7. The first-order valence-electron chi connectivity index (χ1n) is 9.34. The molecule has 0 N–H and O–H groups in total. The Morgan fingerprint density at radius 1 is 1.36 bits per heavy atom. The van der Waals surface area contributed by atoms with E-state index < -0.39 is 9.84 Å². The quantitative estimate of drug-likeness (QED) is 0.632. The summed E-state index contributed by atoms with van der Waals surface area (Å²) in [6, 6.07) is 7.46. The van der Waals surface area contributed by atoms with E-state index in [2.05, 4.69) is 10.2 Å². The summed E-state index contributed by atoms with van der Waals surface area (Å²) >= 11 is 1.18. The molecule has 1 saturated heterocycles. The third-order valence-corrected chi connectivity index (χ3v) is 7.61. The van der Waals surface area contributed by atoms with Gasteiger partial charge in [-0.05, 0) is 38.3 Å². The Bertz CT molecular complexity index is 942. The van der Waals surface area contributed by atoms with Crippen LogP contribution in [0.15, 0.2) is 33.9 Å². The minimum absolute atomic E-state index is 0.0170. The van der Waals surface area contributed by atoms with Crippen LogP contribution >= 0.6 is 11.8 Å². The predicted octanol–water partition coefficient (Wildman–Crippen LogP) is 2.95. The number of amides is 1. The van der Waals surface area contributed by atoms with Gasteiger partial charge in [0.2, 0.25) is 11.8 Å². The molecule has 3 rings (SSSR count). The van der Waals surface area contributed by atoms with Crippen LogP contribution in [-0.4, -0.2) is 58.8 Å². The lowest BCUT2D eigenvalue weighted by Crippen LogP contribution is -2.47. The number of rotatable bonds is 7. The number of sulfone groups is 1. The summed E-state index contributed by atoms with van der Waals surface area (Å²) in [5.41, 5.74) is 1.90. The zero-order chi connectivity index (χ0) is 20.3. The van der Waals surface area contributed by atoms with Crippen molar-refractivity contribution in [1.82, 2.24) is 15.1 Å². The molecule has 0 unspecified atom stereocenters. The van der Waals surface area contributed by atoms with Crippen molar-refractivity contribution < 1.29 is 17.6 Å². The molecular weight excluding hydrogens is 398 g/mol. The smallest absolute Gasteiger partial charge is 0.277 e. The molecule has 9 heteroatoms. The predicted molar refractivity (Wildman–Crippen MR) is 109 cm³/mol. The lowest BCUT2D eigenvalue weighted by atomic mass is 10.1. The second kappa shape index (κ2) is 8.65. The van der Waals surface area contributed by atoms with E-state index in [-0.39, 0.29) is 35.2 Å². The molecule has 1 aliphatic rings. The van der Waals surface area contributed by atoms with Crippen molar-refractivity contribution in [1.29, 1.82) is 0 Å². The Morgan fingerprint density at radius 2 is 2.11 bits per heavy atom. The molecule has 2 aromatic rings. The Hall–Kier alpha value is -1.87. The molecule has 0 radical (unpaired) electrons. The maximum absolute atomic E-state index is 12.9. The standard InChI is InChI=1S/C19H25N3O4S2/c1-4-14(3)22(15-9-10-28(24,25)12-15)17(23)11-27-19-21-20-18(26-19)16-8-6-5-7-13(16)2/h5-8,14-15H,4,9-12H2,1-3H3/t14-,15-/m0/s1. The maximum Gasteiger partial charge on any atom is 0.277 e. The van der Waals surface area contributed by atoms with Crippen LogP contribution in [0, 0.1) is 6.92 Å². The highest BCUT2D eigenvalue weighted by Crippen LogP contribution is 2.27. The van der Waals surface area contributed by atoms with Gasteiger partial charge in [0, 0.05) is 17.6 Å². The van der Waals surface area contributed by atoms with Crippen LogP contribution in [0.1, 0.15) is 32.3 Å². The number of aryl methyl sites for hydroxylation is 1. The molecule has 0 bridgehead atoms. The summed E-state index contributed by atoms with van der Waals surface area (Å²) in [6.07, 6.45) is 1.27. The normalized spacial score (nSPS) is 19.5. The van der Waals surface area contributed by atoms with E-state index in [1.54, 1.807) is 4.90 Å². The second-order valence-corrected chi connectivity index (χ2v) is 10.2. The third-order valence-electron chi connectivity index (χ3n) is 5.06. The molecule has 152 valence electrons. The molecule has 1 aromatic heterocycles. The molecule has 1 aliphatic heterocycles. The number of nitrogens with zero attached hydrogens (tertiary/aromatic N) is 3. The molecule has 28 heavy (non-hydrogen) atoms. The molecule has 2 heterocycles. The summed E-state index contributed by atoms with van der Waals surface area (Å²) in [4.78, 5) is 14.6. The van der Waals surface area contributed by atoms with E-state index in [4.69, 9.17) is 4.42 Å². The van der Waals surface area contributed by atoms with E-state index in [1.807, 2.05) is 45.0 Å². The molecule has 0 saturated carbocycles. The van der Waals surface area contributed by atoms with Gasteiger partial charge < -0.3 is 9.32 Å². The number of carbonyl (C=O) groups is 1. The summed E-state index contributed by atoms with van der Waals surface area (Å²) in [5.74, 6) is 0.655. The molecule has 0 aliphatic carbocycles. The van der Waals surface area contributed by atoms with Gasteiger partial charge in [0.15, 0.2) is 9.84 Å². The zero-order valence-corrected chi connectivity index (χ0v) is 17.9. The highest BCUT2D eigenvalue weighted by atomic mass is 32.2. The molecule has 1 fully saturated rings. The maximum atomic E-state index is 12.9. The van der Waals surface area contributed by atoms with Gasteiger partial charge in [-0.25, -0.2) is 8.42 Å². The summed E-state index contributed by atoms with van der Waals surface area (Å²) in [6.45, 7) is 5.92. The lowest BCUT2D eigenvalue weighted by Gasteiger charge is -2.33. The Labute approximate surface area is 169 Å². The minimum atomic E-state index is -3.06. The number of hydrogen-bond donors (Lipinski definition) is 0. The fourth-order valence-electron chi connectivity index (χ4n) is 3.39. The Morgan fingerprint density at radius 3 is 2.75 bits per heavy atom. The van der Waals surface area contributed by atoms with E-state index in [0.29, 0.717) is 17.5 Å². The van der Waals surface area contributed by atoms with Crippen LogP contribution in [0.25, 0.3) is 11.5 Å². The van der Waals surface area contributed by atoms with E-state index in [1.165, 1.54) is 11.8 Å². The van der Waals surface area contributed by atoms with Crippen LogP contribution in [-0.2, 0) is 14.6 Å². The Kier molecular flexibility index (Phi) is 6.44. The first-order valence-corrected chi connectivity index (χ1v) is 12.2. The molecular formula is C19H25N3O4S2. The van der Waals surface area contributed by atoms with Crippen molar-refractivity contribution in [3.63, 3.8) is 0 Å². The summed E-state index contributed by atoms with van der Waals surface area (Å²) in [5, 5.41) is 8.43. The highest BCUT2D eigenvalue weighted by molar-refractivity contribution is 7.99. The van der Waals surface area contributed by atoms with Gasteiger partial charge in [0.1, 0.15) is 0 Å². The van der Waals surface area contributed by atoms with E-state index in [0.717, 1.165) is 17.5 Å². The van der Waals surface area contributed by atoms with Crippen LogP contribution < -0.4 is 0 Å². The highest BCUT2D eigenvalue weighted by Gasteiger charge is 2.36. The average molecular weight is 424 g/mol. The average Bonchev–Trinajstić information content (AvgIpc) is 3.26. The number of benzene rings is 1. The molecule has 7 nitrogen and oxygen atoms in total. The van der Waals surface area contributed by atoms with Gasteiger partial charge in [-0.2, -0.15) is 0 Å². The molecule has 2 atom stereocenters. The van der Waals surface area contributed by atoms with Gasteiger partial charge in [-0.15, -0.1) is 10.2 Å². The van der Waals surface area contributed by atoms with Crippen LogP contribution in [0.2, 0.25) is 0 Å². The fraction of sp³-hybridized carbons (Fsp3) is 0.526. The van der Waals surface area contributed by atoms with Gasteiger partial charge in [-0.3, -0.25) is 4.79 Å². The summed E-state index contributed by atoms with van der Waals surface area (Å²) in [7, 11) is -3.06. The molecule has 1 amide bonds. The van der Waals surface area contributed by atoms with Crippen LogP contribution in [0.3, 0.4) is 0 Å². The number of thioether (sulfide) groups is 1. The summed E-state index contributed by atoms with van der Waals surface area (Å²) < 4.78 is 29.4. The molecule has 1 aromatic carbocycles. The van der Waals surface area contributed by atoms with Crippen molar-refractivity contribution >= 4 is 27.5 Å². The number of carbonyl (C=O) groups excluding carboxylic acids is 1. The Balaban J connectivity index is 1.67. The van der Waals surface area contributed by atoms with Crippen molar-refractivity contribution in [2.45, 2.75) is 50.9 Å². The first kappa shape index (κ1) is 20.9. The third kappa shape index (κ3) is 4.75. The topological polar surface area (TPSA) is 93.4 Å². The van der Waals surface area contributed by atoms with Gasteiger partial charge >= 0.3 is 0 Å². The van der Waals surface area contributed by atoms with Gasteiger partial charge in [-0.1, -0.05) is 36.9 Å². The van der Waals surface area contributed by atoms with Gasteiger partial charge in [0.05, 0.1) is 17.3 Å². The van der Waals surface area contributed by atoms with Crippen molar-refractivity contribution in [2.24, 2.45) is 0 Å². The second-order valence-electron chi connectivity index (χ2n) is 7.09. The van der Waals surface area contributed by atoms with Crippen molar-refractivity contribution in [2.75, 3.05) is 17.3 Å². The SMILES string of the molecule is CC[C@H](C)N(C(=O)CSc1nnc(-c2ccccc2C)o1)[C@H]1CCS(=O)(=O)C1. The number of aromatic nitrogens is 2. The van der Waals surface area contributed by atoms with E-state index in [9.17, 15) is 13.2 Å². The van der Waals surface area contributed by atoms with Crippen molar-refractivity contribution in [3.8, 4) is 11.5 Å².